The summed E-state index contributed by atoms with van der Waals surface area (Å²) < 4.78 is 7.24. The summed E-state index contributed by atoms with van der Waals surface area (Å²) in [4.78, 5) is 18.0. The van der Waals surface area contributed by atoms with Gasteiger partial charge in [-0.2, -0.15) is 5.10 Å². The molecule has 0 aliphatic carbocycles. The normalized spacial score (nSPS) is 14.1. The van der Waals surface area contributed by atoms with Crippen molar-refractivity contribution in [2.75, 3.05) is 18.5 Å². The van der Waals surface area contributed by atoms with E-state index in [9.17, 15) is 4.79 Å². The molecule has 0 atom stereocenters. The van der Waals surface area contributed by atoms with Crippen LogP contribution in [-0.2, 0) is 4.79 Å². The van der Waals surface area contributed by atoms with Crippen LogP contribution in [0.5, 0.6) is 5.75 Å². The molecule has 3 aromatic rings. The maximum atomic E-state index is 11.6. The summed E-state index contributed by atoms with van der Waals surface area (Å²) in [6.07, 6.45) is 3.57. The van der Waals surface area contributed by atoms with Crippen LogP contribution in [-0.4, -0.2) is 29.9 Å². The molecule has 8 heteroatoms. The monoisotopic (exact) mass is 396 g/mol. The molecule has 0 radical (unpaired) electrons. The van der Waals surface area contributed by atoms with Crippen LogP contribution in [0.1, 0.15) is 4.88 Å². The Bertz CT molecular complexity index is 1080. The molecular weight excluding hydrogens is 380 g/mol. The zero-order valence-electron chi connectivity index (χ0n) is 14.3. The van der Waals surface area contributed by atoms with Crippen LogP contribution in [0.15, 0.2) is 63.8 Å². The third-order valence-electron chi connectivity index (χ3n) is 3.79. The number of hydrogen-bond donors (Lipinski definition) is 1. The van der Waals surface area contributed by atoms with Gasteiger partial charge in [-0.3, -0.25) is 9.79 Å². The quantitative estimate of drug-likeness (QED) is 0.529. The molecule has 27 heavy (non-hydrogen) atoms. The Hall–Kier alpha value is -2.97. The number of fused-ring (bicyclic) bond motifs is 1. The molecule has 6 nitrogen and oxygen atoms in total. The van der Waals surface area contributed by atoms with Crippen molar-refractivity contribution in [2.24, 2.45) is 10.1 Å². The summed E-state index contributed by atoms with van der Waals surface area (Å²) in [6, 6.07) is 9.69. The Balaban J connectivity index is 1.78. The van der Waals surface area contributed by atoms with Crippen molar-refractivity contribution in [1.29, 1.82) is 0 Å². The average molecular weight is 396 g/mol. The topological polar surface area (TPSA) is 68.0 Å². The van der Waals surface area contributed by atoms with E-state index in [1.54, 1.807) is 22.1 Å². The number of benzene rings is 1. The molecule has 1 amide bonds. The van der Waals surface area contributed by atoms with Crippen LogP contribution in [0.25, 0.3) is 11.3 Å². The first kappa shape index (κ1) is 17.4. The second-order valence-corrected chi connectivity index (χ2v) is 7.47. The fourth-order valence-electron chi connectivity index (χ4n) is 2.58. The van der Waals surface area contributed by atoms with Gasteiger partial charge in [-0.1, -0.05) is 12.1 Å². The summed E-state index contributed by atoms with van der Waals surface area (Å²) in [7, 11) is 0. The molecule has 0 bridgehead atoms. The number of nitrogens with zero attached hydrogens (tertiary/aromatic N) is 3. The highest BCUT2D eigenvalue weighted by atomic mass is 32.1. The van der Waals surface area contributed by atoms with E-state index < -0.39 is 0 Å². The molecule has 4 rings (SSSR count). The standard InChI is InChI=1S/C19H16N4O2S2/c1-2-7-20-19-23(21-10-14-4-3-8-26-14)16(12-27-19)13-5-6-17-15(9-13)22-18(24)11-25-17/h2-6,8-10,12H,1,7,11H2,(H,22,24). The first-order chi connectivity index (χ1) is 13.2. The number of aromatic nitrogens is 1. The largest absolute Gasteiger partial charge is 0.482 e. The number of nitrogens with one attached hydrogen (secondary N) is 1. The second-order valence-electron chi connectivity index (χ2n) is 5.65. The van der Waals surface area contributed by atoms with Gasteiger partial charge in [0.05, 0.1) is 24.1 Å². The Morgan fingerprint density at radius 3 is 3.07 bits per heavy atom. The minimum Gasteiger partial charge on any atom is -0.482 e. The highest BCUT2D eigenvalue weighted by Gasteiger charge is 2.17. The van der Waals surface area contributed by atoms with Crippen molar-refractivity contribution < 1.29 is 9.53 Å². The summed E-state index contributed by atoms with van der Waals surface area (Å²) in [5.74, 6) is 0.508. The first-order valence-electron chi connectivity index (χ1n) is 8.21. The number of thiazole rings is 1. The van der Waals surface area contributed by atoms with Gasteiger partial charge in [0.25, 0.3) is 5.91 Å². The lowest BCUT2D eigenvalue weighted by molar-refractivity contribution is -0.118. The molecule has 136 valence electrons. The minimum absolute atomic E-state index is 0.0421. The van der Waals surface area contributed by atoms with E-state index in [-0.39, 0.29) is 12.5 Å². The summed E-state index contributed by atoms with van der Waals surface area (Å²) in [6.45, 7) is 4.28. The number of carbonyl (C=O) groups excluding carboxylic acids is 1. The fourth-order valence-corrected chi connectivity index (χ4v) is 4.01. The molecule has 0 saturated heterocycles. The van der Waals surface area contributed by atoms with Crippen molar-refractivity contribution >= 4 is 40.5 Å². The number of anilines is 1. The van der Waals surface area contributed by atoms with Gasteiger partial charge in [-0.25, -0.2) is 4.68 Å². The Kier molecular flexibility index (Phi) is 4.99. The molecule has 0 fully saturated rings. The van der Waals surface area contributed by atoms with Crippen LogP contribution >= 0.6 is 22.7 Å². The Morgan fingerprint density at radius 2 is 2.26 bits per heavy atom. The maximum absolute atomic E-state index is 11.6. The van der Waals surface area contributed by atoms with E-state index in [0.717, 1.165) is 20.9 Å². The van der Waals surface area contributed by atoms with Gasteiger partial charge in [-0.05, 0) is 29.6 Å². The van der Waals surface area contributed by atoms with Gasteiger partial charge in [0.1, 0.15) is 5.75 Å². The third kappa shape index (κ3) is 3.76. The lowest BCUT2D eigenvalue weighted by Crippen LogP contribution is -2.25. The molecule has 1 N–H and O–H groups in total. The summed E-state index contributed by atoms with van der Waals surface area (Å²) >= 11 is 3.12. The van der Waals surface area contributed by atoms with Crippen LogP contribution < -0.4 is 14.9 Å². The van der Waals surface area contributed by atoms with Crippen molar-refractivity contribution in [1.82, 2.24) is 4.68 Å². The Labute approximate surface area is 163 Å². The highest BCUT2D eigenvalue weighted by molar-refractivity contribution is 7.11. The van der Waals surface area contributed by atoms with Crippen molar-refractivity contribution in [3.05, 3.63) is 63.4 Å². The van der Waals surface area contributed by atoms with E-state index in [0.29, 0.717) is 18.0 Å². The molecule has 0 spiro atoms. The van der Waals surface area contributed by atoms with Crippen LogP contribution in [0, 0.1) is 0 Å². The number of carbonyl (C=O) groups is 1. The van der Waals surface area contributed by atoms with E-state index in [2.05, 4.69) is 22.0 Å². The molecule has 1 aromatic carbocycles. The molecule has 0 saturated carbocycles. The van der Waals surface area contributed by atoms with Gasteiger partial charge in [0.15, 0.2) is 6.61 Å². The van der Waals surface area contributed by atoms with Gasteiger partial charge in [0, 0.05) is 15.8 Å². The first-order valence-corrected chi connectivity index (χ1v) is 9.97. The number of rotatable bonds is 5. The van der Waals surface area contributed by atoms with Crippen LogP contribution in [0.2, 0.25) is 0 Å². The summed E-state index contributed by atoms with van der Waals surface area (Å²) in [5.41, 5.74) is 2.46. The van der Waals surface area contributed by atoms with Crippen molar-refractivity contribution in [2.45, 2.75) is 0 Å². The molecule has 3 heterocycles. The van der Waals surface area contributed by atoms with Gasteiger partial charge in [-0.15, -0.1) is 29.3 Å². The van der Waals surface area contributed by atoms with Crippen LogP contribution in [0.3, 0.4) is 0 Å². The Morgan fingerprint density at radius 1 is 1.33 bits per heavy atom. The highest BCUT2D eigenvalue weighted by Crippen LogP contribution is 2.32. The lowest BCUT2D eigenvalue weighted by atomic mass is 10.1. The van der Waals surface area contributed by atoms with Crippen molar-refractivity contribution in [3.8, 4) is 17.0 Å². The van der Waals surface area contributed by atoms with Crippen molar-refractivity contribution in [3.63, 3.8) is 0 Å². The number of ether oxygens (including phenoxy) is 1. The zero-order valence-corrected chi connectivity index (χ0v) is 15.9. The van der Waals surface area contributed by atoms with E-state index in [1.807, 2.05) is 47.3 Å². The number of thiophene rings is 1. The lowest BCUT2D eigenvalue weighted by Gasteiger charge is -2.18. The summed E-state index contributed by atoms with van der Waals surface area (Å²) in [5, 5.41) is 11.5. The SMILES string of the molecule is C=CCN=c1scc(-c2ccc3c(c2)NC(=O)CO3)n1N=Cc1cccs1. The third-order valence-corrected chi connectivity index (χ3v) is 5.45. The van der Waals surface area contributed by atoms with Gasteiger partial charge in [0.2, 0.25) is 4.80 Å². The van der Waals surface area contributed by atoms with E-state index >= 15 is 0 Å². The molecule has 1 aliphatic heterocycles. The smallest absolute Gasteiger partial charge is 0.262 e. The average Bonchev–Trinajstić information content (AvgIpc) is 3.33. The predicted octanol–water partition coefficient (Wildman–Crippen LogP) is 3.58. The number of hydrogen-bond acceptors (Lipinski definition) is 6. The minimum atomic E-state index is -0.157. The second kappa shape index (κ2) is 7.73. The molecular formula is C19H16N4O2S2. The van der Waals surface area contributed by atoms with Gasteiger partial charge >= 0.3 is 0 Å². The predicted molar refractivity (Wildman–Crippen MR) is 110 cm³/mol. The van der Waals surface area contributed by atoms with E-state index in [4.69, 9.17) is 4.74 Å². The van der Waals surface area contributed by atoms with Gasteiger partial charge < -0.3 is 10.1 Å². The van der Waals surface area contributed by atoms with E-state index in [1.165, 1.54) is 11.3 Å². The maximum Gasteiger partial charge on any atom is 0.262 e. The van der Waals surface area contributed by atoms with Crippen LogP contribution in [0.4, 0.5) is 5.69 Å². The molecule has 1 aliphatic rings. The number of amides is 1. The molecule has 0 unspecified atom stereocenters. The fraction of sp³-hybridized carbons (Fsp3) is 0.105. The molecule has 2 aromatic heterocycles. The zero-order chi connectivity index (χ0) is 18.6.